The largest absolute Gasteiger partial charge is 0.472 e. The Bertz CT molecular complexity index is 369. The van der Waals surface area contributed by atoms with E-state index in [1.807, 2.05) is 0 Å². The molecular formula is C15H20O5. The number of rotatable bonds is 2. The summed E-state index contributed by atoms with van der Waals surface area (Å²) < 4.78 is 4.94. The van der Waals surface area contributed by atoms with Crippen molar-refractivity contribution in [1.29, 1.82) is 0 Å². The van der Waals surface area contributed by atoms with Crippen molar-refractivity contribution in [3.8, 4) is 12.3 Å². The molecule has 2 aliphatic carbocycles. The van der Waals surface area contributed by atoms with Crippen molar-refractivity contribution in [3.05, 3.63) is 0 Å². The van der Waals surface area contributed by atoms with E-state index in [-0.39, 0.29) is 23.8 Å². The molecule has 0 atom stereocenters. The Labute approximate surface area is 118 Å². The Kier molecular flexibility index (Phi) is 6.78. The van der Waals surface area contributed by atoms with Gasteiger partial charge in [-0.25, -0.2) is 4.79 Å². The molecule has 2 fully saturated rings. The Morgan fingerprint density at radius 2 is 1.20 bits per heavy atom. The Morgan fingerprint density at radius 1 is 0.900 bits per heavy atom. The van der Waals surface area contributed by atoms with Gasteiger partial charge in [0, 0.05) is 5.92 Å². The summed E-state index contributed by atoms with van der Waals surface area (Å²) in [6.45, 7) is 0. The summed E-state index contributed by atoms with van der Waals surface area (Å²) >= 11 is 0. The van der Waals surface area contributed by atoms with Crippen LogP contribution in [0.3, 0.4) is 0 Å². The van der Waals surface area contributed by atoms with Crippen LogP contribution in [0.25, 0.3) is 0 Å². The van der Waals surface area contributed by atoms with Gasteiger partial charge >= 0.3 is 17.9 Å². The highest BCUT2D eigenvalue weighted by molar-refractivity contribution is 5.88. The molecular weight excluding hydrogens is 260 g/mol. The first-order valence-electron chi connectivity index (χ1n) is 6.99. The molecule has 5 heteroatoms. The van der Waals surface area contributed by atoms with Crippen LogP contribution in [0, 0.1) is 24.2 Å². The zero-order valence-electron chi connectivity index (χ0n) is 11.5. The van der Waals surface area contributed by atoms with Gasteiger partial charge in [-0.3, -0.25) is 9.59 Å². The molecule has 20 heavy (non-hydrogen) atoms. The summed E-state index contributed by atoms with van der Waals surface area (Å²) in [7, 11) is 0. The quantitative estimate of drug-likeness (QED) is 0.476. The van der Waals surface area contributed by atoms with E-state index in [0.717, 1.165) is 51.4 Å². The minimum atomic E-state index is -1.22. The summed E-state index contributed by atoms with van der Waals surface area (Å²) in [6.07, 6.45) is 12.3. The number of terminal acetylenes is 1. The number of carboxylic acids is 1. The van der Waals surface area contributed by atoms with Crippen LogP contribution in [-0.2, 0) is 19.1 Å². The van der Waals surface area contributed by atoms with Crippen molar-refractivity contribution in [3.63, 3.8) is 0 Å². The minimum Gasteiger partial charge on any atom is -0.472 e. The van der Waals surface area contributed by atoms with Gasteiger partial charge < -0.3 is 9.84 Å². The number of hydrogen-bond donors (Lipinski definition) is 1. The summed E-state index contributed by atoms with van der Waals surface area (Å²) in [5.74, 6) is -0.329. The molecule has 0 heterocycles. The predicted molar refractivity (Wildman–Crippen MR) is 71.5 cm³/mol. The van der Waals surface area contributed by atoms with Crippen LogP contribution in [0.2, 0.25) is 0 Å². The monoisotopic (exact) mass is 280 g/mol. The molecule has 0 unspecified atom stereocenters. The molecule has 5 nitrogen and oxygen atoms in total. The van der Waals surface area contributed by atoms with Crippen LogP contribution >= 0.6 is 0 Å². The van der Waals surface area contributed by atoms with Gasteiger partial charge in [0.1, 0.15) is 0 Å². The van der Waals surface area contributed by atoms with Crippen molar-refractivity contribution < 1.29 is 24.2 Å². The van der Waals surface area contributed by atoms with Crippen molar-refractivity contribution in [2.24, 2.45) is 11.8 Å². The van der Waals surface area contributed by atoms with Gasteiger partial charge in [-0.15, -0.1) is 6.42 Å². The van der Waals surface area contributed by atoms with Crippen molar-refractivity contribution in [2.45, 2.75) is 51.4 Å². The number of esters is 2. The smallest absolute Gasteiger partial charge is 0.381 e. The second-order valence-corrected chi connectivity index (χ2v) is 5.15. The fraction of sp³-hybridized carbons (Fsp3) is 0.667. The third-order valence-electron chi connectivity index (χ3n) is 3.70. The first kappa shape index (κ1) is 16.2. The summed E-state index contributed by atoms with van der Waals surface area (Å²) in [4.78, 5) is 32.3. The number of aliphatic carboxylic acids is 1. The molecule has 0 radical (unpaired) electrons. The van der Waals surface area contributed by atoms with Crippen molar-refractivity contribution in [1.82, 2.24) is 0 Å². The highest BCUT2D eigenvalue weighted by atomic mass is 16.6. The first-order valence-corrected chi connectivity index (χ1v) is 6.99. The molecule has 0 aromatic carbocycles. The maximum absolute atomic E-state index is 11.6. The molecule has 0 aromatic heterocycles. The van der Waals surface area contributed by atoms with E-state index in [4.69, 9.17) is 14.6 Å². The lowest BCUT2D eigenvalue weighted by atomic mass is 10.1. The highest BCUT2D eigenvalue weighted by Gasteiger charge is 2.30. The van der Waals surface area contributed by atoms with Gasteiger partial charge in [-0.2, -0.15) is 0 Å². The Balaban J connectivity index is 0.000000347. The molecule has 2 saturated carbocycles. The fourth-order valence-electron chi connectivity index (χ4n) is 2.59. The topological polar surface area (TPSA) is 80.7 Å². The standard InChI is InChI=1S/C12H18O3.C3H2O2/c13-11(9-5-1-2-6-9)15-12(14)10-7-3-4-8-10;1-2-3(4)5/h9-10H,1-8H2;1H,(H,4,5). The summed E-state index contributed by atoms with van der Waals surface area (Å²) in [5.41, 5.74) is 0. The van der Waals surface area contributed by atoms with Crippen LogP contribution in [-0.4, -0.2) is 23.0 Å². The highest BCUT2D eigenvalue weighted by Crippen LogP contribution is 2.29. The van der Waals surface area contributed by atoms with Gasteiger partial charge in [-0.05, 0) is 25.7 Å². The maximum atomic E-state index is 11.6. The van der Waals surface area contributed by atoms with Gasteiger partial charge in [0.15, 0.2) is 0 Å². The van der Waals surface area contributed by atoms with Crippen LogP contribution < -0.4 is 0 Å². The molecule has 2 rings (SSSR count). The molecule has 0 aliphatic heterocycles. The number of ether oxygens (including phenoxy) is 1. The van der Waals surface area contributed by atoms with E-state index in [0.29, 0.717) is 0 Å². The van der Waals surface area contributed by atoms with E-state index in [1.54, 1.807) is 0 Å². The molecule has 1 N–H and O–H groups in total. The lowest BCUT2D eigenvalue weighted by molar-refractivity contribution is -0.165. The van der Waals surface area contributed by atoms with E-state index in [1.165, 1.54) is 5.92 Å². The van der Waals surface area contributed by atoms with Crippen LogP contribution in [0.5, 0.6) is 0 Å². The lowest BCUT2D eigenvalue weighted by Crippen LogP contribution is -2.23. The molecule has 2 aliphatic rings. The molecule has 110 valence electrons. The number of hydrogen-bond acceptors (Lipinski definition) is 4. The Morgan fingerprint density at radius 3 is 1.45 bits per heavy atom. The van der Waals surface area contributed by atoms with Crippen LogP contribution in [0.4, 0.5) is 0 Å². The van der Waals surface area contributed by atoms with E-state index < -0.39 is 5.97 Å². The average molecular weight is 280 g/mol. The number of carboxylic acid groups (broad SMARTS) is 1. The average Bonchev–Trinajstić information content (AvgIpc) is 3.12. The van der Waals surface area contributed by atoms with Crippen molar-refractivity contribution in [2.75, 3.05) is 0 Å². The number of carbonyl (C=O) groups excluding carboxylic acids is 2. The normalized spacial score (nSPS) is 18.8. The predicted octanol–water partition coefficient (Wildman–Crippen LogP) is 2.14. The molecule has 0 spiro atoms. The molecule has 0 aromatic rings. The van der Waals surface area contributed by atoms with Crippen molar-refractivity contribution >= 4 is 17.9 Å². The SMILES string of the molecule is C#CC(=O)O.O=C(OC(=O)C1CCCC1)C1CCCC1. The van der Waals surface area contributed by atoms with Crippen LogP contribution in [0.15, 0.2) is 0 Å². The van der Waals surface area contributed by atoms with Gasteiger partial charge in [0.2, 0.25) is 0 Å². The molecule has 0 bridgehead atoms. The second-order valence-electron chi connectivity index (χ2n) is 5.15. The third-order valence-corrected chi connectivity index (χ3v) is 3.70. The van der Waals surface area contributed by atoms with E-state index in [2.05, 4.69) is 6.42 Å². The van der Waals surface area contributed by atoms with E-state index >= 15 is 0 Å². The second kappa shape index (κ2) is 8.36. The van der Waals surface area contributed by atoms with Gasteiger partial charge in [0.25, 0.3) is 0 Å². The number of carbonyl (C=O) groups is 3. The maximum Gasteiger partial charge on any atom is 0.381 e. The zero-order valence-corrected chi connectivity index (χ0v) is 11.5. The van der Waals surface area contributed by atoms with E-state index in [9.17, 15) is 9.59 Å². The minimum absolute atomic E-state index is 0.00430. The molecule has 0 amide bonds. The zero-order chi connectivity index (χ0) is 15.0. The summed E-state index contributed by atoms with van der Waals surface area (Å²) in [5, 5.41) is 7.49. The van der Waals surface area contributed by atoms with Crippen LogP contribution in [0.1, 0.15) is 51.4 Å². The van der Waals surface area contributed by atoms with Gasteiger partial charge in [-0.1, -0.05) is 25.7 Å². The Hall–Kier alpha value is -1.83. The fourth-order valence-corrected chi connectivity index (χ4v) is 2.59. The van der Waals surface area contributed by atoms with Gasteiger partial charge in [0.05, 0.1) is 11.8 Å². The summed E-state index contributed by atoms with van der Waals surface area (Å²) in [6, 6.07) is 0. The lowest BCUT2D eigenvalue weighted by Gasteiger charge is -2.11. The first-order chi connectivity index (χ1) is 9.54. The third kappa shape index (κ3) is 5.43. The molecule has 0 saturated heterocycles.